The van der Waals surface area contributed by atoms with Crippen LogP contribution in [0.5, 0.6) is 0 Å². The van der Waals surface area contributed by atoms with Gasteiger partial charge in [0.25, 0.3) is 0 Å². The van der Waals surface area contributed by atoms with Crippen molar-refractivity contribution >= 4 is 18.3 Å². The lowest BCUT2D eigenvalue weighted by Crippen LogP contribution is -2.31. The second-order valence-electron chi connectivity index (χ2n) is 3.42. The van der Waals surface area contributed by atoms with Crippen molar-refractivity contribution in [3.8, 4) is 0 Å². The normalized spacial score (nSPS) is 10.5. The molecule has 0 aromatic rings. The highest BCUT2D eigenvalue weighted by Crippen LogP contribution is 2.19. The van der Waals surface area contributed by atoms with Crippen molar-refractivity contribution in [2.45, 2.75) is 27.7 Å². The van der Waals surface area contributed by atoms with Crippen LogP contribution in [0.15, 0.2) is 0 Å². The van der Waals surface area contributed by atoms with E-state index in [4.69, 9.17) is 5.73 Å². The zero-order valence-corrected chi connectivity index (χ0v) is 8.44. The summed E-state index contributed by atoms with van der Waals surface area (Å²) in [6, 6.07) is 0. The third kappa shape index (κ3) is 4.25. The van der Waals surface area contributed by atoms with Gasteiger partial charge in [0, 0.05) is 5.92 Å². The highest BCUT2D eigenvalue weighted by Gasteiger charge is 2.22. The first kappa shape index (κ1) is 13.4. The summed E-state index contributed by atoms with van der Waals surface area (Å²) >= 11 is 0. The average molecular weight is 180 g/mol. The van der Waals surface area contributed by atoms with Crippen LogP contribution in [0.1, 0.15) is 27.7 Å². The monoisotopic (exact) mass is 179 g/mol. The van der Waals surface area contributed by atoms with Crippen molar-refractivity contribution in [1.29, 1.82) is 0 Å². The molecule has 0 saturated carbocycles. The molecule has 0 aliphatic rings. The summed E-state index contributed by atoms with van der Waals surface area (Å²) in [5.74, 6) is 0.569. The minimum absolute atomic E-state index is 0. The first-order valence-corrected chi connectivity index (χ1v) is 3.76. The Morgan fingerprint density at radius 2 is 1.36 bits per heavy atom. The molecule has 0 aromatic carbocycles. The highest BCUT2D eigenvalue weighted by molar-refractivity contribution is 5.85. The maximum atomic E-state index is 10.8. The second kappa shape index (κ2) is 5.42. The van der Waals surface area contributed by atoms with Gasteiger partial charge in [-0.2, -0.15) is 0 Å². The van der Waals surface area contributed by atoms with E-state index in [-0.39, 0.29) is 24.2 Å². The van der Waals surface area contributed by atoms with Gasteiger partial charge >= 0.3 is 0 Å². The van der Waals surface area contributed by atoms with E-state index >= 15 is 0 Å². The van der Waals surface area contributed by atoms with Crippen molar-refractivity contribution in [3.63, 3.8) is 0 Å². The molecule has 3 heteroatoms. The summed E-state index contributed by atoms with van der Waals surface area (Å²) in [5, 5.41) is 0. The molecule has 0 aliphatic carbocycles. The van der Waals surface area contributed by atoms with Crippen molar-refractivity contribution < 1.29 is 4.79 Å². The Bertz CT molecular complexity index is 115. The lowest BCUT2D eigenvalue weighted by atomic mass is 9.85. The second-order valence-corrected chi connectivity index (χ2v) is 3.42. The third-order valence-electron chi connectivity index (χ3n) is 1.76. The van der Waals surface area contributed by atoms with Gasteiger partial charge in [-0.25, -0.2) is 0 Å². The molecular formula is C8H18ClNO. The van der Waals surface area contributed by atoms with E-state index < -0.39 is 0 Å². The summed E-state index contributed by atoms with van der Waals surface area (Å²) in [6.45, 7) is 8.09. The molecule has 0 saturated heterocycles. The molecule has 0 heterocycles. The van der Waals surface area contributed by atoms with E-state index in [1.54, 1.807) is 0 Å². The number of carbonyl (C=O) groups excluding carboxylic acids is 1. The van der Waals surface area contributed by atoms with E-state index in [2.05, 4.69) is 0 Å². The van der Waals surface area contributed by atoms with Gasteiger partial charge < -0.3 is 5.73 Å². The molecule has 0 unspecified atom stereocenters. The largest absolute Gasteiger partial charge is 0.369 e. The molecular weight excluding hydrogens is 162 g/mol. The van der Waals surface area contributed by atoms with Crippen LogP contribution in [-0.2, 0) is 4.79 Å². The number of primary amides is 1. The molecule has 0 aliphatic heterocycles. The third-order valence-corrected chi connectivity index (χ3v) is 1.76. The minimum Gasteiger partial charge on any atom is -0.369 e. The predicted octanol–water partition coefficient (Wildman–Crippen LogP) is 1.82. The maximum Gasteiger partial charge on any atom is 0.221 e. The van der Waals surface area contributed by atoms with Crippen molar-refractivity contribution in [2.75, 3.05) is 0 Å². The van der Waals surface area contributed by atoms with Gasteiger partial charge in [0.1, 0.15) is 0 Å². The van der Waals surface area contributed by atoms with E-state index in [1.165, 1.54) is 0 Å². The molecule has 0 aromatic heterocycles. The van der Waals surface area contributed by atoms with Gasteiger partial charge in [0.05, 0.1) is 0 Å². The van der Waals surface area contributed by atoms with Crippen LogP contribution >= 0.6 is 12.4 Å². The molecule has 0 bridgehead atoms. The number of hydrogen-bond acceptors (Lipinski definition) is 1. The van der Waals surface area contributed by atoms with E-state index in [9.17, 15) is 4.79 Å². The number of carbonyl (C=O) groups is 1. The number of hydrogen-bond donors (Lipinski definition) is 1. The molecule has 0 spiro atoms. The van der Waals surface area contributed by atoms with Crippen LogP contribution in [-0.4, -0.2) is 5.91 Å². The van der Waals surface area contributed by atoms with E-state index in [0.717, 1.165) is 0 Å². The van der Waals surface area contributed by atoms with Crippen molar-refractivity contribution in [1.82, 2.24) is 0 Å². The molecule has 0 radical (unpaired) electrons. The van der Waals surface area contributed by atoms with Gasteiger partial charge in [-0.15, -0.1) is 12.4 Å². The van der Waals surface area contributed by atoms with Gasteiger partial charge in [0.15, 0.2) is 0 Å². The summed E-state index contributed by atoms with van der Waals surface area (Å²) in [5.41, 5.74) is 5.20. The molecule has 0 rings (SSSR count). The Morgan fingerprint density at radius 3 is 1.36 bits per heavy atom. The smallest absolute Gasteiger partial charge is 0.221 e. The number of nitrogens with two attached hydrogens (primary N) is 1. The fourth-order valence-electron chi connectivity index (χ4n) is 1.43. The standard InChI is InChI=1S/C8H17NO.ClH/c1-5(2)7(6(3)4)8(9)10;/h5-7H,1-4H3,(H2,9,10);1H. The van der Waals surface area contributed by atoms with E-state index in [0.29, 0.717) is 11.8 Å². The van der Waals surface area contributed by atoms with Crippen molar-refractivity contribution in [2.24, 2.45) is 23.5 Å². The first-order chi connectivity index (χ1) is 4.46. The molecule has 68 valence electrons. The molecule has 2 nitrogen and oxygen atoms in total. The van der Waals surface area contributed by atoms with Crippen LogP contribution in [0.25, 0.3) is 0 Å². The van der Waals surface area contributed by atoms with Crippen LogP contribution in [0.3, 0.4) is 0 Å². The van der Waals surface area contributed by atoms with Gasteiger partial charge in [-0.1, -0.05) is 27.7 Å². The Morgan fingerprint density at radius 1 is 1.09 bits per heavy atom. The summed E-state index contributed by atoms with van der Waals surface area (Å²) < 4.78 is 0. The molecule has 0 atom stereocenters. The van der Waals surface area contributed by atoms with Crippen molar-refractivity contribution in [3.05, 3.63) is 0 Å². The topological polar surface area (TPSA) is 43.1 Å². The first-order valence-electron chi connectivity index (χ1n) is 3.76. The zero-order chi connectivity index (χ0) is 8.31. The minimum atomic E-state index is -0.176. The Kier molecular flexibility index (Phi) is 6.58. The lowest BCUT2D eigenvalue weighted by Gasteiger charge is -2.20. The number of amides is 1. The van der Waals surface area contributed by atoms with Gasteiger partial charge in [-0.05, 0) is 11.8 Å². The van der Waals surface area contributed by atoms with Gasteiger partial charge in [-0.3, -0.25) is 4.79 Å². The molecule has 0 fully saturated rings. The molecule has 1 amide bonds. The van der Waals surface area contributed by atoms with Crippen LogP contribution in [0, 0.1) is 17.8 Å². The predicted molar refractivity (Wildman–Crippen MR) is 49.6 cm³/mol. The molecule has 2 N–H and O–H groups in total. The number of rotatable bonds is 3. The van der Waals surface area contributed by atoms with E-state index in [1.807, 2.05) is 27.7 Å². The summed E-state index contributed by atoms with van der Waals surface area (Å²) in [6.07, 6.45) is 0. The Hall–Kier alpha value is -0.240. The maximum absolute atomic E-state index is 10.8. The zero-order valence-electron chi connectivity index (χ0n) is 7.63. The molecule has 11 heavy (non-hydrogen) atoms. The summed E-state index contributed by atoms with van der Waals surface area (Å²) in [4.78, 5) is 10.8. The SMILES string of the molecule is CC(C)C(C(N)=O)C(C)C.Cl. The van der Waals surface area contributed by atoms with Crippen LogP contribution in [0.2, 0.25) is 0 Å². The lowest BCUT2D eigenvalue weighted by molar-refractivity contribution is -0.124. The van der Waals surface area contributed by atoms with Crippen LogP contribution < -0.4 is 5.73 Å². The fraction of sp³-hybridized carbons (Fsp3) is 0.875. The Balaban J connectivity index is 0. The average Bonchev–Trinajstić information content (AvgIpc) is 1.59. The Labute approximate surface area is 74.9 Å². The highest BCUT2D eigenvalue weighted by atomic mass is 35.5. The van der Waals surface area contributed by atoms with Gasteiger partial charge in [0.2, 0.25) is 5.91 Å². The van der Waals surface area contributed by atoms with Crippen LogP contribution in [0.4, 0.5) is 0 Å². The fourth-order valence-corrected chi connectivity index (χ4v) is 1.43. The summed E-state index contributed by atoms with van der Waals surface area (Å²) in [7, 11) is 0. The quantitative estimate of drug-likeness (QED) is 0.706. The number of halogens is 1.